The largest absolute Gasteiger partial charge is 0.356 e. The molecular weight excluding hydrogens is 248 g/mol. The van der Waals surface area contributed by atoms with Crippen molar-refractivity contribution in [3.63, 3.8) is 0 Å². The zero-order valence-electron chi connectivity index (χ0n) is 11.4. The normalized spacial score (nSPS) is 12.2. The maximum Gasteiger partial charge on any atom is 0.223 e. The van der Waals surface area contributed by atoms with Crippen LogP contribution in [-0.4, -0.2) is 36.3 Å². The van der Waals surface area contributed by atoms with Gasteiger partial charge in [-0.15, -0.1) is 0 Å². The number of hydrogen-bond donors (Lipinski definition) is 2. The standard InChI is InChI=1S/C13H25N2O2S/c1-3-4-8-15-13(17)6-5-12(11(2)16)10-18-9-7-14/h6,12H,3-5,7-10,14H2,1-2H3,(H,15,17). The van der Waals surface area contributed by atoms with Gasteiger partial charge in [-0.05, 0) is 19.8 Å². The van der Waals surface area contributed by atoms with Gasteiger partial charge in [-0.1, -0.05) is 13.3 Å². The molecular formula is C13H25N2O2S. The second kappa shape index (κ2) is 11.5. The summed E-state index contributed by atoms with van der Waals surface area (Å²) in [5.74, 6) is 1.59. The maximum absolute atomic E-state index is 11.5. The quantitative estimate of drug-likeness (QED) is 0.558. The minimum absolute atomic E-state index is 0.0708. The van der Waals surface area contributed by atoms with Gasteiger partial charge in [0.2, 0.25) is 5.91 Å². The predicted molar refractivity (Wildman–Crippen MR) is 77.4 cm³/mol. The topological polar surface area (TPSA) is 72.2 Å². The van der Waals surface area contributed by atoms with Gasteiger partial charge in [-0.25, -0.2) is 0 Å². The predicted octanol–water partition coefficient (Wildman–Crippen LogP) is 1.39. The summed E-state index contributed by atoms with van der Waals surface area (Å²) in [6.45, 7) is 4.99. The van der Waals surface area contributed by atoms with Crippen LogP contribution in [0, 0.1) is 12.3 Å². The summed E-state index contributed by atoms with van der Waals surface area (Å²) in [7, 11) is 0. The highest BCUT2D eigenvalue weighted by Gasteiger charge is 2.15. The molecule has 0 bridgehead atoms. The lowest BCUT2D eigenvalue weighted by Gasteiger charge is -2.12. The van der Waals surface area contributed by atoms with Crippen molar-refractivity contribution in [1.82, 2.24) is 5.32 Å². The Morgan fingerprint density at radius 3 is 2.72 bits per heavy atom. The van der Waals surface area contributed by atoms with Crippen LogP contribution in [0.5, 0.6) is 0 Å². The van der Waals surface area contributed by atoms with Crippen molar-refractivity contribution < 1.29 is 9.59 Å². The van der Waals surface area contributed by atoms with Crippen molar-refractivity contribution >= 4 is 23.5 Å². The van der Waals surface area contributed by atoms with E-state index in [1.165, 1.54) is 0 Å². The molecule has 5 heteroatoms. The average molecular weight is 273 g/mol. The fourth-order valence-electron chi connectivity index (χ4n) is 1.37. The zero-order chi connectivity index (χ0) is 13.8. The molecule has 0 heterocycles. The van der Waals surface area contributed by atoms with Gasteiger partial charge < -0.3 is 11.1 Å². The third-order valence-electron chi connectivity index (χ3n) is 2.57. The second-order valence-corrected chi connectivity index (χ2v) is 5.41. The maximum atomic E-state index is 11.5. The lowest BCUT2D eigenvalue weighted by Crippen LogP contribution is -2.26. The van der Waals surface area contributed by atoms with Crippen LogP contribution in [0.3, 0.4) is 0 Å². The molecule has 0 aromatic rings. The molecule has 18 heavy (non-hydrogen) atoms. The molecule has 3 N–H and O–H groups in total. The van der Waals surface area contributed by atoms with Crippen LogP contribution in [0.25, 0.3) is 0 Å². The summed E-state index contributed by atoms with van der Waals surface area (Å²) in [5, 5.41) is 2.81. The van der Waals surface area contributed by atoms with Gasteiger partial charge in [0.1, 0.15) is 5.78 Å². The van der Waals surface area contributed by atoms with Gasteiger partial charge in [0.15, 0.2) is 0 Å². The fraction of sp³-hybridized carbons (Fsp3) is 0.769. The molecule has 0 saturated carbocycles. The highest BCUT2D eigenvalue weighted by atomic mass is 32.2. The highest BCUT2D eigenvalue weighted by molar-refractivity contribution is 7.99. The number of rotatable bonds is 11. The zero-order valence-corrected chi connectivity index (χ0v) is 12.2. The summed E-state index contributed by atoms with van der Waals surface area (Å²) in [6.07, 6.45) is 4.16. The van der Waals surface area contributed by atoms with Crippen LogP contribution in [0.2, 0.25) is 0 Å². The number of Topliss-reactive ketones (excluding diaryl/α,β-unsaturated/α-hetero) is 1. The Kier molecular flexibility index (Phi) is 11.2. The Bertz CT molecular complexity index is 247. The van der Waals surface area contributed by atoms with Crippen LogP contribution in [-0.2, 0) is 9.59 Å². The van der Waals surface area contributed by atoms with E-state index in [9.17, 15) is 9.59 Å². The number of nitrogens with two attached hydrogens (primary N) is 1. The Morgan fingerprint density at radius 1 is 1.44 bits per heavy atom. The molecule has 1 amide bonds. The van der Waals surface area contributed by atoms with E-state index < -0.39 is 0 Å². The number of carbonyl (C=O) groups excluding carboxylic acids is 2. The van der Waals surface area contributed by atoms with E-state index in [4.69, 9.17) is 5.73 Å². The molecule has 0 aliphatic heterocycles. The first-order valence-corrected chi connectivity index (χ1v) is 7.66. The molecule has 0 saturated heterocycles. The van der Waals surface area contributed by atoms with Crippen LogP contribution < -0.4 is 11.1 Å². The number of carbonyl (C=O) groups is 2. The molecule has 1 radical (unpaired) electrons. The Hall–Kier alpha value is -0.550. The van der Waals surface area contributed by atoms with E-state index in [1.807, 2.05) is 0 Å². The van der Waals surface area contributed by atoms with Crippen LogP contribution in [0.15, 0.2) is 0 Å². The average Bonchev–Trinajstić information content (AvgIpc) is 2.33. The summed E-state index contributed by atoms with van der Waals surface area (Å²) in [4.78, 5) is 22.9. The van der Waals surface area contributed by atoms with E-state index in [-0.39, 0.29) is 17.6 Å². The van der Waals surface area contributed by atoms with Crippen molar-refractivity contribution in [3.05, 3.63) is 6.42 Å². The van der Waals surface area contributed by atoms with Crippen molar-refractivity contribution in [1.29, 1.82) is 0 Å². The molecule has 0 aromatic carbocycles. The molecule has 0 aliphatic rings. The lowest BCUT2D eigenvalue weighted by molar-refractivity contribution is -0.120. The summed E-state index contributed by atoms with van der Waals surface area (Å²) < 4.78 is 0. The van der Waals surface area contributed by atoms with Crippen molar-refractivity contribution in [2.24, 2.45) is 11.7 Å². The number of unbranched alkanes of at least 4 members (excludes halogenated alkanes) is 1. The van der Waals surface area contributed by atoms with Crippen molar-refractivity contribution in [2.75, 3.05) is 24.6 Å². The summed E-state index contributed by atoms with van der Waals surface area (Å²) in [5.41, 5.74) is 5.40. The van der Waals surface area contributed by atoms with E-state index in [0.717, 1.165) is 24.3 Å². The molecule has 0 aliphatic carbocycles. The minimum atomic E-state index is -0.0709. The molecule has 0 fully saturated rings. The van der Waals surface area contributed by atoms with Gasteiger partial charge in [-0.2, -0.15) is 11.8 Å². The number of hydrogen-bond acceptors (Lipinski definition) is 4. The summed E-state index contributed by atoms with van der Waals surface area (Å²) >= 11 is 1.67. The second-order valence-electron chi connectivity index (χ2n) is 4.26. The SMILES string of the molecule is CCCCNC(=O)[CH]CC(CSCCN)C(C)=O. The molecule has 105 valence electrons. The van der Waals surface area contributed by atoms with E-state index in [0.29, 0.717) is 19.5 Å². The van der Waals surface area contributed by atoms with E-state index >= 15 is 0 Å². The lowest BCUT2D eigenvalue weighted by atomic mass is 10.0. The first-order chi connectivity index (χ1) is 8.61. The summed E-state index contributed by atoms with van der Waals surface area (Å²) in [6, 6.07) is 0. The van der Waals surface area contributed by atoms with Crippen molar-refractivity contribution in [3.8, 4) is 0 Å². The van der Waals surface area contributed by atoms with E-state index in [2.05, 4.69) is 12.2 Å². The van der Waals surface area contributed by atoms with Crippen LogP contribution >= 0.6 is 11.8 Å². The number of ketones is 1. The first kappa shape index (κ1) is 17.4. The smallest absolute Gasteiger partial charge is 0.223 e. The molecule has 4 nitrogen and oxygen atoms in total. The number of thioether (sulfide) groups is 1. The monoisotopic (exact) mass is 273 g/mol. The van der Waals surface area contributed by atoms with Crippen molar-refractivity contribution in [2.45, 2.75) is 33.1 Å². The molecule has 0 spiro atoms. The highest BCUT2D eigenvalue weighted by Crippen LogP contribution is 2.14. The Morgan fingerprint density at radius 2 is 2.17 bits per heavy atom. The molecule has 0 rings (SSSR count). The number of nitrogens with one attached hydrogen (secondary N) is 1. The molecule has 1 unspecified atom stereocenters. The first-order valence-electron chi connectivity index (χ1n) is 6.51. The number of amides is 1. The third kappa shape index (κ3) is 9.48. The van der Waals surface area contributed by atoms with Gasteiger partial charge in [0.05, 0.1) is 6.42 Å². The Labute approximate surface area is 114 Å². The van der Waals surface area contributed by atoms with Gasteiger partial charge in [0.25, 0.3) is 0 Å². The van der Waals surface area contributed by atoms with Gasteiger partial charge in [-0.3, -0.25) is 9.59 Å². The molecule has 1 atom stereocenters. The van der Waals surface area contributed by atoms with Gasteiger partial charge >= 0.3 is 0 Å². The van der Waals surface area contributed by atoms with Gasteiger partial charge in [0, 0.05) is 30.5 Å². The van der Waals surface area contributed by atoms with Crippen LogP contribution in [0.1, 0.15) is 33.1 Å². The van der Waals surface area contributed by atoms with Crippen LogP contribution in [0.4, 0.5) is 0 Å². The minimum Gasteiger partial charge on any atom is -0.356 e. The fourth-order valence-corrected chi connectivity index (χ4v) is 2.36. The Balaban J connectivity index is 3.81. The van der Waals surface area contributed by atoms with E-state index in [1.54, 1.807) is 25.1 Å². The molecule has 0 aromatic heterocycles. The third-order valence-corrected chi connectivity index (χ3v) is 3.74.